The lowest BCUT2D eigenvalue weighted by Gasteiger charge is -2.20. The van der Waals surface area contributed by atoms with Gasteiger partial charge in [0, 0.05) is 17.8 Å². The maximum atomic E-state index is 12.6. The molecule has 1 aromatic rings. The summed E-state index contributed by atoms with van der Waals surface area (Å²) in [6.07, 6.45) is 5.24. The molecule has 2 bridgehead atoms. The third-order valence-electron chi connectivity index (χ3n) is 5.81. The second-order valence-corrected chi connectivity index (χ2v) is 7.57. The summed E-state index contributed by atoms with van der Waals surface area (Å²) < 4.78 is 10.3. The molecular weight excluding hydrogens is 334 g/mol. The number of H-pyrrole nitrogens is 1. The van der Waals surface area contributed by atoms with Crippen LogP contribution in [0, 0.1) is 31.6 Å². The van der Waals surface area contributed by atoms with Gasteiger partial charge in [-0.05, 0) is 57.8 Å². The lowest BCUT2D eigenvalue weighted by atomic mass is 9.86. The number of rotatable bonds is 7. The van der Waals surface area contributed by atoms with Gasteiger partial charge in [0.1, 0.15) is 0 Å². The summed E-state index contributed by atoms with van der Waals surface area (Å²) in [6.45, 7) is 5.04. The van der Waals surface area contributed by atoms with Gasteiger partial charge in [-0.2, -0.15) is 0 Å². The monoisotopic (exact) mass is 361 g/mol. The van der Waals surface area contributed by atoms with Crippen LogP contribution in [0.2, 0.25) is 0 Å². The number of aryl methyl sites for hydroxylation is 2. The third kappa shape index (κ3) is 3.69. The summed E-state index contributed by atoms with van der Waals surface area (Å²) in [7, 11) is 0. The summed E-state index contributed by atoms with van der Waals surface area (Å²) in [5, 5.41) is 0. The van der Waals surface area contributed by atoms with Crippen molar-refractivity contribution in [3.63, 3.8) is 0 Å². The van der Waals surface area contributed by atoms with Gasteiger partial charge in [-0.3, -0.25) is 9.59 Å². The Morgan fingerprint density at radius 3 is 2.38 bits per heavy atom. The molecule has 0 saturated heterocycles. The van der Waals surface area contributed by atoms with E-state index in [4.69, 9.17) is 9.47 Å². The number of hydrogen-bond donors (Lipinski definition) is 1. The molecule has 1 aromatic heterocycles. The molecular formula is C20H27NO5. The lowest BCUT2D eigenvalue weighted by Crippen LogP contribution is -2.21. The summed E-state index contributed by atoms with van der Waals surface area (Å²) >= 11 is 0. The van der Waals surface area contributed by atoms with Crippen molar-refractivity contribution < 1.29 is 23.9 Å². The zero-order valence-electron chi connectivity index (χ0n) is 15.7. The highest BCUT2D eigenvalue weighted by Gasteiger charge is 2.40. The standard InChI is InChI=1S/C20H27NO5/c1-4-25-20(24)19-12(3)21-11(2)18(19)16(22)10-26-17(23)9-15-8-13-5-6-14(15)7-13/h13-15,21H,4-10H2,1-3H3/t13-,14-,15-/m1/s1. The number of Topliss-reactive ketones (excluding diaryl/α,β-unsaturated/α-hetero) is 1. The van der Waals surface area contributed by atoms with Gasteiger partial charge >= 0.3 is 11.9 Å². The van der Waals surface area contributed by atoms with E-state index in [0.29, 0.717) is 29.6 Å². The molecule has 0 aromatic carbocycles. The van der Waals surface area contributed by atoms with Crippen molar-refractivity contribution in [2.45, 2.75) is 52.9 Å². The van der Waals surface area contributed by atoms with E-state index < -0.39 is 5.97 Å². The maximum absolute atomic E-state index is 12.6. The largest absolute Gasteiger partial charge is 0.462 e. The van der Waals surface area contributed by atoms with Crippen LogP contribution < -0.4 is 0 Å². The second-order valence-electron chi connectivity index (χ2n) is 7.57. The van der Waals surface area contributed by atoms with E-state index in [2.05, 4.69) is 4.98 Å². The summed E-state index contributed by atoms with van der Waals surface area (Å²) in [4.78, 5) is 39.9. The van der Waals surface area contributed by atoms with Crippen LogP contribution in [0.25, 0.3) is 0 Å². The van der Waals surface area contributed by atoms with Crippen LogP contribution in [0.1, 0.15) is 71.1 Å². The summed E-state index contributed by atoms with van der Waals surface area (Å²) in [5.74, 6) is 0.591. The Kier molecular flexibility index (Phi) is 5.49. The fraction of sp³-hybridized carbons (Fsp3) is 0.650. The Labute approximate surface area is 153 Å². The predicted molar refractivity (Wildman–Crippen MR) is 95.1 cm³/mol. The number of aromatic nitrogens is 1. The van der Waals surface area contributed by atoms with Crippen molar-refractivity contribution in [1.29, 1.82) is 0 Å². The smallest absolute Gasteiger partial charge is 0.340 e. The number of ketones is 1. The molecule has 3 atom stereocenters. The van der Waals surface area contributed by atoms with E-state index in [1.54, 1.807) is 20.8 Å². The molecule has 0 unspecified atom stereocenters. The lowest BCUT2D eigenvalue weighted by molar-refractivity contribution is -0.144. The van der Waals surface area contributed by atoms with Gasteiger partial charge in [0.15, 0.2) is 6.61 Å². The SMILES string of the molecule is CCOC(=O)c1c(C)[nH]c(C)c1C(=O)COC(=O)C[C@H]1C[C@@H]2CC[C@@H]1C2. The topological polar surface area (TPSA) is 85.5 Å². The first kappa shape index (κ1) is 18.7. The molecule has 0 aliphatic heterocycles. The average molecular weight is 361 g/mol. The van der Waals surface area contributed by atoms with Crippen LogP contribution in [0.5, 0.6) is 0 Å². The van der Waals surface area contributed by atoms with Crippen LogP contribution >= 0.6 is 0 Å². The van der Waals surface area contributed by atoms with Crippen molar-refractivity contribution >= 4 is 17.7 Å². The van der Waals surface area contributed by atoms with E-state index in [-0.39, 0.29) is 36.1 Å². The molecule has 0 amide bonds. The highest BCUT2D eigenvalue weighted by atomic mass is 16.5. The van der Waals surface area contributed by atoms with Crippen LogP contribution in [0.4, 0.5) is 0 Å². The van der Waals surface area contributed by atoms with Gasteiger partial charge in [-0.15, -0.1) is 0 Å². The van der Waals surface area contributed by atoms with Gasteiger partial charge in [0.25, 0.3) is 0 Å². The molecule has 26 heavy (non-hydrogen) atoms. The minimum absolute atomic E-state index is 0.231. The number of esters is 2. The van der Waals surface area contributed by atoms with Crippen LogP contribution in [0.3, 0.4) is 0 Å². The van der Waals surface area contributed by atoms with Gasteiger partial charge in [0.05, 0.1) is 17.7 Å². The molecule has 142 valence electrons. The number of fused-ring (bicyclic) bond motifs is 2. The fourth-order valence-corrected chi connectivity index (χ4v) is 4.71. The van der Waals surface area contributed by atoms with Gasteiger partial charge < -0.3 is 14.5 Å². The van der Waals surface area contributed by atoms with E-state index in [0.717, 1.165) is 12.3 Å². The van der Waals surface area contributed by atoms with Crippen LogP contribution in [-0.2, 0) is 14.3 Å². The first-order chi connectivity index (χ1) is 12.4. The zero-order valence-corrected chi connectivity index (χ0v) is 15.7. The molecule has 2 fully saturated rings. The Hall–Kier alpha value is -2.11. The van der Waals surface area contributed by atoms with E-state index in [1.807, 2.05) is 0 Å². The highest BCUT2D eigenvalue weighted by Crippen LogP contribution is 2.49. The Morgan fingerprint density at radius 2 is 1.77 bits per heavy atom. The molecule has 2 aliphatic carbocycles. The average Bonchev–Trinajstić information content (AvgIpc) is 3.26. The molecule has 3 rings (SSSR count). The van der Waals surface area contributed by atoms with Crippen LogP contribution in [-0.4, -0.2) is 35.9 Å². The number of hydrogen-bond acceptors (Lipinski definition) is 5. The van der Waals surface area contributed by atoms with Crippen molar-refractivity contribution in [2.75, 3.05) is 13.2 Å². The molecule has 0 radical (unpaired) electrons. The van der Waals surface area contributed by atoms with E-state index in [9.17, 15) is 14.4 Å². The van der Waals surface area contributed by atoms with Crippen LogP contribution in [0.15, 0.2) is 0 Å². The first-order valence-electron chi connectivity index (χ1n) is 9.45. The number of carbonyl (C=O) groups is 3. The van der Waals surface area contributed by atoms with Crippen molar-refractivity contribution in [1.82, 2.24) is 4.98 Å². The Balaban J connectivity index is 1.59. The first-order valence-corrected chi connectivity index (χ1v) is 9.45. The summed E-state index contributed by atoms with van der Waals surface area (Å²) in [6, 6.07) is 0. The molecule has 0 spiro atoms. The number of nitrogens with one attached hydrogen (secondary N) is 1. The molecule has 6 heteroatoms. The Bertz CT molecular complexity index is 720. The summed E-state index contributed by atoms with van der Waals surface area (Å²) in [5.41, 5.74) is 1.66. The van der Waals surface area contributed by atoms with Gasteiger partial charge in [-0.25, -0.2) is 4.79 Å². The fourth-order valence-electron chi connectivity index (χ4n) is 4.71. The van der Waals surface area contributed by atoms with Crippen molar-refractivity contribution in [3.05, 3.63) is 22.5 Å². The zero-order chi connectivity index (χ0) is 18.8. The van der Waals surface area contributed by atoms with E-state index >= 15 is 0 Å². The normalized spacial score (nSPS) is 23.9. The maximum Gasteiger partial charge on any atom is 0.340 e. The number of carbonyl (C=O) groups excluding carboxylic acids is 3. The quantitative estimate of drug-likeness (QED) is 0.594. The van der Waals surface area contributed by atoms with Crippen molar-refractivity contribution in [2.24, 2.45) is 17.8 Å². The molecule has 2 saturated carbocycles. The van der Waals surface area contributed by atoms with Gasteiger partial charge in [-0.1, -0.05) is 6.42 Å². The third-order valence-corrected chi connectivity index (χ3v) is 5.81. The number of ether oxygens (including phenoxy) is 2. The molecule has 1 heterocycles. The Morgan fingerprint density at radius 1 is 1.04 bits per heavy atom. The minimum atomic E-state index is -0.536. The molecule has 2 aliphatic rings. The highest BCUT2D eigenvalue weighted by molar-refractivity contribution is 6.09. The second kappa shape index (κ2) is 7.64. The predicted octanol–water partition coefficient (Wildman–Crippen LogP) is 3.36. The molecule has 6 nitrogen and oxygen atoms in total. The minimum Gasteiger partial charge on any atom is -0.462 e. The van der Waals surface area contributed by atoms with Gasteiger partial charge in [0.2, 0.25) is 5.78 Å². The molecule has 1 N–H and O–H groups in total. The van der Waals surface area contributed by atoms with Crippen molar-refractivity contribution in [3.8, 4) is 0 Å². The number of aromatic amines is 1. The van der Waals surface area contributed by atoms with E-state index in [1.165, 1.54) is 19.3 Å².